The predicted molar refractivity (Wildman–Crippen MR) is 81.2 cm³/mol. The average molecular weight is 364 g/mol. The quantitative estimate of drug-likeness (QED) is 0.795. The number of hydrogen-bond donors (Lipinski definition) is 1. The van der Waals surface area contributed by atoms with Crippen molar-refractivity contribution in [2.45, 2.75) is 18.4 Å². The second-order valence-corrected chi connectivity index (χ2v) is 5.80. The molecule has 0 bridgehead atoms. The third kappa shape index (κ3) is 4.08. The van der Waals surface area contributed by atoms with Gasteiger partial charge in [0.15, 0.2) is 0 Å². The van der Waals surface area contributed by atoms with Gasteiger partial charge in [-0.2, -0.15) is 8.78 Å². The molecule has 7 nitrogen and oxygen atoms in total. The molecule has 0 unspecified atom stereocenters. The third-order valence-electron chi connectivity index (χ3n) is 2.66. The van der Waals surface area contributed by atoms with Crippen LogP contribution in [0.4, 0.5) is 14.7 Å². The maximum atomic E-state index is 12.4. The molecule has 0 atom stereocenters. The highest BCUT2D eigenvalue weighted by molar-refractivity contribution is 7.99. The van der Waals surface area contributed by atoms with Crippen LogP contribution in [0.3, 0.4) is 0 Å². The lowest BCUT2D eigenvalue weighted by atomic mass is 10.2. The number of nitrogens with one attached hydrogen (secondary N) is 1. The Hall–Kier alpha value is -1.94. The monoisotopic (exact) mass is 363 g/mol. The van der Waals surface area contributed by atoms with Crippen LogP contribution in [0.2, 0.25) is 5.02 Å². The SMILES string of the molecule is CCSc1c(OC(F)F)ccc(C(=O)Nc2nnnn2C)c1Cl. The van der Waals surface area contributed by atoms with E-state index < -0.39 is 12.5 Å². The van der Waals surface area contributed by atoms with E-state index in [0.717, 1.165) is 0 Å². The molecule has 1 aromatic heterocycles. The molecule has 23 heavy (non-hydrogen) atoms. The van der Waals surface area contributed by atoms with Crippen LogP contribution in [0.1, 0.15) is 17.3 Å². The smallest absolute Gasteiger partial charge is 0.387 e. The summed E-state index contributed by atoms with van der Waals surface area (Å²) in [5.74, 6) is 0.0595. The summed E-state index contributed by atoms with van der Waals surface area (Å²) >= 11 is 7.38. The Morgan fingerprint density at radius 3 is 2.83 bits per heavy atom. The van der Waals surface area contributed by atoms with Crippen LogP contribution in [0.25, 0.3) is 0 Å². The van der Waals surface area contributed by atoms with Gasteiger partial charge in [0.2, 0.25) is 5.95 Å². The van der Waals surface area contributed by atoms with Crippen LogP contribution >= 0.6 is 23.4 Å². The highest BCUT2D eigenvalue weighted by Gasteiger charge is 2.20. The number of amides is 1. The minimum absolute atomic E-state index is 0.0302. The number of aromatic nitrogens is 4. The number of hydrogen-bond acceptors (Lipinski definition) is 6. The minimum atomic E-state index is -2.98. The maximum Gasteiger partial charge on any atom is 0.387 e. The van der Waals surface area contributed by atoms with E-state index in [1.807, 2.05) is 6.92 Å². The fraction of sp³-hybridized carbons (Fsp3) is 0.333. The average Bonchev–Trinajstić information content (AvgIpc) is 2.87. The van der Waals surface area contributed by atoms with Crippen molar-refractivity contribution in [2.24, 2.45) is 7.05 Å². The minimum Gasteiger partial charge on any atom is -0.434 e. The lowest BCUT2D eigenvalue weighted by molar-refractivity contribution is -0.0516. The van der Waals surface area contributed by atoms with Crippen molar-refractivity contribution in [1.29, 1.82) is 0 Å². The second kappa shape index (κ2) is 7.55. The normalized spacial score (nSPS) is 10.9. The Morgan fingerprint density at radius 2 is 2.26 bits per heavy atom. The van der Waals surface area contributed by atoms with Crippen LogP contribution in [-0.2, 0) is 7.05 Å². The molecule has 124 valence electrons. The zero-order chi connectivity index (χ0) is 17.0. The Bertz CT molecular complexity index is 713. The van der Waals surface area contributed by atoms with Gasteiger partial charge in [0, 0.05) is 7.05 Å². The van der Waals surface area contributed by atoms with Crippen molar-refractivity contribution in [1.82, 2.24) is 20.2 Å². The molecule has 1 heterocycles. The number of alkyl halides is 2. The molecule has 2 aromatic rings. The zero-order valence-corrected chi connectivity index (χ0v) is 13.7. The van der Waals surface area contributed by atoms with E-state index >= 15 is 0 Å². The van der Waals surface area contributed by atoms with E-state index in [1.165, 1.54) is 28.6 Å². The van der Waals surface area contributed by atoms with E-state index in [9.17, 15) is 13.6 Å². The second-order valence-electron chi connectivity index (χ2n) is 4.15. The summed E-state index contributed by atoms with van der Waals surface area (Å²) in [4.78, 5) is 12.5. The maximum absolute atomic E-state index is 12.4. The Morgan fingerprint density at radius 1 is 1.52 bits per heavy atom. The third-order valence-corrected chi connectivity index (χ3v) is 4.14. The van der Waals surface area contributed by atoms with E-state index in [1.54, 1.807) is 7.05 Å². The molecule has 11 heteroatoms. The van der Waals surface area contributed by atoms with Crippen LogP contribution in [-0.4, -0.2) is 38.5 Å². The molecule has 0 aliphatic rings. The van der Waals surface area contributed by atoms with Crippen LogP contribution < -0.4 is 10.1 Å². The molecule has 0 spiro atoms. The Kier molecular flexibility index (Phi) is 5.72. The molecule has 0 fully saturated rings. The van der Waals surface area contributed by atoms with Gasteiger partial charge < -0.3 is 4.74 Å². The molecule has 0 aliphatic heterocycles. The summed E-state index contributed by atoms with van der Waals surface area (Å²) in [6.45, 7) is -1.16. The van der Waals surface area contributed by atoms with E-state index in [-0.39, 0.29) is 27.2 Å². The molecule has 2 rings (SSSR count). The van der Waals surface area contributed by atoms with Crippen molar-refractivity contribution in [3.8, 4) is 5.75 Å². The first kappa shape index (κ1) is 17.4. The van der Waals surface area contributed by atoms with E-state index in [4.69, 9.17) is 11.6 Å². The molecule has 0 saturated carbocycles. The number of ether oxygens (including phenoxy) is 1. The van der Waals surface area contributed by atoms with Gasteiger partial charge in [-0.3, -0.25) is 10.1 Å². The van der Waals surface area contributed by atoms with Crippen LogP contribution in [0.15, 0.2) is 17.0 Å². The summed E-state index contributed by atoms with van der Waals surface area (Å²) in [5, 5.41) is 13.1. The highest BCUT2D eigenvalue weighted by atomic mass is 35.5. The van der Waals surface area contributed by atoms with Gasteiger partial charge in [-0.05, 0) is 28.3 Å². The largest absolute Gasteiger partial charge is 0.434 e. The Labute approximate surface area is 139 Å². The molecule has 1 N–H and O–H groups in total. The number of benzene rings is 1. The lowest BCUT2D eigenvalue weighted by Crippen LogP contribution is -2.16. The summed E-state index contributed by atoms with van der Waals surface area (Å²) in [6, 6.07) is 2.58. The van der Waals surface area contributed by atoms with Gasteiger partial charge in [0.1, 0.15) is 5.75 Å². The molecule has 1 amide bonds. The first-order valence-electron chi connectivity index (χ1n) is 6.37. The summed E-state index contributed by atoms with van der Waals surface area (Å²) in [7, 11) is 1.55. The number of carbonyl (C=O) groups excluding carboxylic acids is 1. The van der Waals surface area contributed by atoms with Gasteiger partial charge in [-0.15, -0.1) is 11.8 Å². The lowest BCUT2D eigenvalue weighted by Gasteiger charge is -2.14. The number of thioether (sulfide) groups is 1. The molecule has 0 radical (unpaired) electrons. The summed E-state index contributed by atoms with van der Waals surface area (Å²) in [6.07, 6.45) is 0. The summed E-state index contributed by atoms with van der Waals surface area (Å²) < 4.78 is 30.6. The van der Waals surface area contributed by atoms with Crippen LogP contribution in [0.5, 0.6) is 5.75 Å². The van der Waals surface area contributed by atoms with Gasteiger partial charge in [0.25, 0.3) is 5.91 Å². The fourth-order valence-corrected chi connectivity index (χ4v) is 2.87. The van der Waals surface area contributed by atoms with Crippen LogP contribution in [0, 0.1) is 0 Å². The van der Waals surface area contributed by atoms with E-state index in [2.05, 4.69) is 25.6 Å². The number of tetrazole rings is 1. The first-order valence-corrected chi connectivity index (χ1v) is 7.74. The fourth-order valence-electron chi connectivity index (χ4n) is 1.69. The topological polar surface area (TPSA) is 81.9 Å². The molecule has 0 aliphatic carbocycles. The number of anilines is 1. The molecule has 0 saturated heterocycles. The van der Waals surface area contributed by atoms with E-state index in [0.29, 0.717) is 5.75 Å². The van der Waals surface area contributed by atoms with Gasteiger partial charge >= 0.3 is 6.61 Å². The standard InChI is InChI=1S/C12H12ClF2N5O2S/c1-3-23-9-7(22-11(14)15)5-4-6(8(9)13)10(21)16-12-17-18-19-20(12)2/h4-5,11H,3H2,1-2H3,(H,16,17,19,21). The molecule has 1 aromatic carbocycles. The van der Waals surface area contributed by atoms with Crippen molar-refractivity contribution >= 4 is 35.2 Å². The van der Waals surface area contributed by atoms with Crippen molar-refractivity contribution < 1.29 is 18.3 Å². The van der Waals surface area contributed by atoms with Gasteiger partial charge in [0.05, 0.1) is 15.5 Å². The number of aryl methyl sites for hydroxylation is 1. The number of carbonyl (C=O) groups is 1. The summed E-state index contributed by atoms with van der Waals surface area (Å²) in [5.41, 5.74) is 0.104. The van der Waals surface area contributed by atoms with Gasteiger partial charge in [-0.25, -0.2) is 4.68 Å². The van der Waals surface area contributed by atoms with Crippen molar-refractivity contribution in [2.75, 3.05) is 11.1 Å². The van der Waals surface area contributed by atoms with Gasteiger partial charge in [-0.1, -0.05) is 23.6 Å². The number of nitrogens with zero attached hydrogens (tertiary/aromatic N) is 4. The molecular formula is C12H12ClF2N5O2S. The highest BCUT2D eigenvalue weighted by Crippen LogP contribution is 2.39. The number of rotatable bonds is 6. The number of halogens is 3. The predicted octanol–water partition coefficient (Wildman–Crippen LogP) is 2.83. The van der Waals surface area contributed by atoms with Crippen molar-refractivity contribution in [3.05, 3.63) is 22.7 Å². The Balaban J connectivity index is 2.33. The van der Waals surface area contributed by atoms with Crippen molar-refractivity contribution in [3.63, 3.8) is 0 Å². The first-order chi connectivity index (χ1) is 10.9. The molecular weight excluding hydrogens is 352 g/mol. The zero-order valence-electron chi connectivity index (χ0n) is 12.1.